The number of primary sulfonamides is 1. The van der Waals surface area contributed by atoms with Crippen molar-refractivity contribution in [3.63, 3.8) is 0 Å². The Labute approximate surface area is 161 Å². The zero-order chi connectivity index (χ0) is 19.1. The molecule has 0 saturated heterocycles. The second-order valence-electron chi connectivity index (χ2n) is 5.89. The van der Waals surface area contributed by atoms with Crippen molar-refractivity contribution in [2.24, 2.45) is 5.14 Å². The average Bonchev–Trinajstić information content (AvgIpc) is 3.00. The van der Waals surface area contributed by atoms with Crippen molar-refractivity contribution in [2.75, 3.05) is 11.4 Å². The van der Waals surface area contributed by atoms with Crippen LogP contribution in [0.5, 0.6) is 5.75 Å². The van der Waals surface area contributed by atoms with Gasteiger partial charge in [-0.15, -0.1) is 0 Å². The maximum Gasteiger partial charge on any atom is 0.267 e. The minimum absolute atomic E-state index is 0.0394. The van der Waals surface area contributed by atoms with Crippen LogP contribution in [0.3, 0.4) is 0 Å². The third kappa shape index (κ3) is 3.66. The van der Waals surface area contributed by atoms with Gasteiger partial charge in [0.25, 0.3) is 5.91 Å². The number of hydrogen-bond acceptors (Lipinski definition) is 4. The van der Waals surface area contributed by atoms with Crippen LogP contribution in [0, 0.1) is 0 Å². The summed E-state index contributed by atoms with van der Waals surface area (Å²) in [5.41, 5.74) is 1.40. The van der Waals surface area contributed by atoms with E-state index in [-0.39, 0.29) is 15.8 Å². The first-order chi connectivity index (χ1) is 12.2. The maximum absolute atomic E-state index is 12.8. The Balaban J connectivity index is 1.85. The number of amides is 1. The van der Waals surface area contributed by atoms with E-state index < -0.39 is 16.1 Å². The number of carbonyl (C=O) groups excluding carboxylic acids is 1. The monoisotopic (exact) mass is 414 g/mol. The molecule has 1 aliphatic heterocycles. The van der Waals surface area contributed by atoms with Crippen LogP contribution in [0.1, 0.15) is 12.5 Å². The Hall–Kier alpha value is -1.80. The van der Waals surface area contributed by atoms with E-state index in [9.17, 15) is 13.2 Å². The van der Waals surface area contributed by atoms with Crippen molar-refractivity contribution in [2.45, 2.75) is 24.3 Å². The van der Waals surface area contributed by atoms with Crippen molar-refractivity contribution in [3.8, 4) is 5.75 Å². The molecule has 6 nitrogen and oxygen atoms in total. The van der Waals surface area contributed by atoms with Crippen molar-refractivity contribution in [1.82, 2.24) is 0 Å². The van der Waals surface area contributed by atoms with Crippen LogP contribution in [-0.2, 0) is 21.2 Å². The molecule has 1 amide bonds. The van der Waals surface area contributed by atoms with Crippen molar-refractivity contribution >= 4 is 44.8 Å². The molecule has 9 heteroatoms. The number of carbonyl (C=O) groups is 1. The first-order valence-corrected chi connectivity index (χ1v) is 10.1. The van der Waals surface area contributed by atoms with Gasteiger partial charge in [-0.3, -0.25) is 4.79 Å². The number of rotatable bonds is 4. The molecular formula is C17H16Cl2N2O4S. The van der Waals surface area contributed by atoms with Crippen LogP contribution in [0.25, 0.3) is 0 Å². The van der Waals surface area contributed by atoms with Crippen LogP contribution < -0.4 is 14.8 Å². The zero-order valence-corrected chi connectivity index (χ0v) is 16.1. The second kappa shape index (κ2) is 7.08. The van der Waals surface area contributed by atoms with Gasteiger partial charge in [0, 0.05) is 12.2 Å². The minimum atomic E-state index is -3.85. The van der Waals surface area contributed by atoms with Crippen LogP contribution in [0.4, 0.5) is 5.69 Å². The molecule has 1 aliphatic rings. The van der Waals surface area contributed by atoms with E-state index in [0.29, 0.717) is 29.4 Å². The quantitative estimate of drug-likeness (QED) is 0.832. The SMILES string of the molecule is CC(Oc1cccc(Cl)c1Cl)C(=O)N1CCc2ccc(S(N)(=O)=O)cc21. The van der Waals surface area contributed by atoms with Gasteiger partial charge in [-0.1, -0.05) is 35.3 Å². The molecule has 2 aromatic rings. The molecule has 0 fully saturated rings. The Morgan fingerprint density at radius 1 is 1.27 bits per heavy atom. The highest BCUT2D eigenvalue weighted by molar-refractivity contribution is 7.89. The minimum Gasteiger partial charge on any atom is -0.479 e. The summed E-state index contributed by atoms with van der Waals surface area (Å²) >= 11 is 12.0. The normalized spacial score (nSPS) is 14.8. The van der Waals surface area contributed by atoms with Gasteiger partial charge in [-0.25, -0.2) is 13.6 Å². The van der Waals surface area contributed by atoms with E-state index in [1.54, 1.807) is 31.2 Å². The molecule has 0 aromatic heterocycles. The Morgan fingerprint density at radius 2 is 2.00 bits per heavy atom. The van der Waals surface area contributed by atoms with Gasteiger partial charge in [0.05, 0.1) is 9.92 Å². The summed E-state index contributed by atoms with van der Waals surface area (Å²) in [5.74, 6) is -0.0101. The Morgan fingerprint density at radius 3 is 2.69 bits per heavy atom. The lowest BCUT2D eigenvalue weighted by molar-refractivity contribution is -0.124. The summed E-state index contributed by atoms with van der Waals surface area (Å²) in [6.45, 7) is 2.03. The number of nitrogens with two attached hydrogens (primary N) is 1. The molecule has 1 unspecified atom stereocenters. The number of sulfonamides is 1. The number of benzene rings is 2. The van der Waals surface area contributed by atoms with Gasteiger partial charge in [-0.2, -0.15) is 0 Å². The summed E-state index contributed by atoms with van der Waals surface area (Å²) in [6, 6.07) is 9.43. The highest BCUT2D eigenvalue weighted by atomic mass is 35.5. The number of fused-ring (bicyclic) bond motifs is 1. The molecule has 3 rings (SSSR count). The molecule has 0 aliphatic carbocycles. The van der Waals surface area contributed by atoms with E-state index in [1.807, 2.05) is 0 Å². The maximum atomic E-state index is 12.8. The molecule has 1 atom stereocenters. The molecule has 0 bridgehead atoms. The molecular weight excluding hydrogens is 399 g/mol. The van der Waals surface area contributed by atoms with Crippen LogP contribution >= 0.6 is 23.2 Å². The predicted molar refractivity (Wildman–Crippen MR) is 100 cm³/mol. The van der Waals surface area contributed by atoms with Gasteiger partial charge < -0.3 is 9.64 Å². The molecule has 26 heavy (non-hydrogen) atoms. The smallest absolute Gasteiger partial charge is 0.267 e. The lowest BCUT2D eigenvalue weighted by atomic mass is 10.2. The largest absolute Gasteiger partial charge is 0.479 e. The van der Waals surface area contributed by atoms with E-state index in [4.69, 9.17) is 33.1 Å². The lowest BCUT2D eigenvalue weighted by Gasteiger charge is -2.23. The Kier molecular flexibility index (Phi) is 5.16. The molecule has 0 radical (unpaired) electrons. The van der Waals surface area contributed by atoms with Gasteiger partial charge in [0.2, 0.25) is 10.0 Å². The Bertz CT molecular complexity index is 979. The molecule has 2 N–H and O–H groups in total. The third-order valence-electron chi connectivity index (χ3n) is 4.11. The summed E-state index contributed by atoms with van der Waals surface area (Å²) < 4.78 is 28.8. The van der Waals surface area contributed by atoms with E-state index in [2.05, 4.69) is 0 Å². The zero-order valence-electron chi connectivity index (χ0n) is 13.8. The fourth-order valence-electron chi connectivity index (χ4n) is 2.80. The molecule has 138 valence electrons. The number of hydrogen-bond donors (Lipinski definition) is 1. The highest BCUT2D eigenvalue weighted by Gasteiger charge is 2.30. The highest BCUT2D eigenvalue weighted by Crippen LogP contribution is 2.34. The van der Waals surface area contributed by atoms with Gasteiger partial charge in [0.1, 0.15) is 10.8 Å². The van der Waals surface area contributed by atoms with Crippen LogP contribution in [-0.4, -0.2) is 27.0 Å². The van der Waals surface area contributed by atoms with E-state index >= 15 is 0 Å². The molecule has 2 aromatic carbocycles. The van der Waals surface area contributed by atoms with Crippen LogP contribution in [0.2, 0.25) is 10.0 Å². The van der Waals surface area contributed by atoms with E-state index in [1.165, 1.54) is 17.0 Å². The number of nitrogens with zero attached hydrogens (tertiary/aromatic N) is 1. The predicted octanol–water partition coefficient (Wildman–Crippen LogP) is 3.00. The van der Waals surface area contributed by atoms with Crippen molar-refractivity contribution < 1.29 is 17.9 Å². The van der Waals surface area contributed by atoms with E-state index in [0.717, 1.165) is 5.56 Å². The van der Waals surface area contributed by atoms with Crippen molar-refractivity contribution in [3.05, 3.63) is 52.0 Å². The summed E-state index contributed by atoms with van der Waals surface area (Å²) in [6.07, 6.45) is -0.216. The van der Waals surface area contributed by atoms with Crippen LogP contribution in [0.15, 0.2) is 41.3 Å². The fraction of sp³-hybridized carbons (Fsp3) is 0.235. The van der Waals surface area contributed by atoms with Gasteiger partial charge in [0.15, 0.2) is 6.10 Å². The first-order valence-electron chi connectivity index (χ1n) is 7.76. The van der Waals surface area contributed by atoms with Crippen molar-refractivity contribution in [1.29, 1.82) is 0 Å². The second-order valence-corrected chi connectivity index (χ2v) is 8.23. The standard InChI is InChI=1S/C17H16Cl2N2O4S/c1-10(25-15-4-2-3-13(18)16(15)19)17(22)21-8-7-11-5-6-12(9-14(11)21)26(20,23)24/h2-6,9-10H,7-8H2,1H3,(H2,20,23,24). The van der Waals surface area contributed by atoms with Gasteiger partial charge >= 0.3 is 0 Å². The summed E-state index contributed by atoms with van der Waals surface area (Å²) in [7, 11) is -3.85. The first kappa shape index (κ1) is 19.0. The third-order valence-corrected chi connectivity index (χ3v) is 5.83. The molecule has 0 saturated carbocycles. The number of halogens is 2. The fourth-order valence-corrected chi connectivity index (χ4v) is 3.67. The molecule has 0 spiro atoms. The summed E-state index contributed by atoms with van der Waals surface area (Å²) in [4.78, 5) is 14.3. The summed E-state index contributed by atoms with van der Waals surface area (Å²) in [5, 5.41) is 5.74. The lowest BCUT2D eigenvalue weighted by Crippen LogP contribution is -2.39. The topological polar surface area (TPSA) is 89.7 Å². The number of anilines is 1. The number of ether oxygens (including phenoxy) is 1. The molecule has 1 heterocycles. The van der Waals surface area contributed by atoms with Gasteiger partial charge in [-0.05, 0) is 43.2 Å². The average molecular weight is 415 g/mol.